The fourth-order valence-corrected chi connectivity index (χ4v) is 2.75. The summed E-state index contributed by atoms with van der Waals surface area (Å²) in [5, 5.41) is 2.12. The number of fused-ring (bicyclic) bond motifs is 3. The van der Waals surface area contributed by atoms with Crippen molar-refractivity contribution in [2.45, 2.75) is 0 Å². The van der Waals surface area contributed by atoms with Gasteiger partial charge in [0.2, 0.25) is 0 Å². The fraction of sp³-hybridized carbons (Fsp3) is 0. The summed E-state index contributed by atoms with van der Waals surface area (Å²) in [7, 11) is 0. The summed E-state index contributed by atoms with van der Waals surface area (Å²) >= 11 is 0. The molecule has 0 saturated heterocycles. The number of hydrogen-bond acceptors (Lipinski definition) is 2. The molecule has 4 aromatic rings. The van der Waals surface area contributed by atoms with E-state index in [1.807, 2.05) is 30.3 Å². The summed E-state index contributed by atoms with van der Waals surface area (Å²) in [5.41, 5.74) is -0.0197. The fourth-order valence-electron chi connectivity index (χ4n) is 2.75. The third-order valence-corrected chi connectivity index (χ3v) is 3.81. The van der Waals surface area contributed by atoms with Gasteiger partial charge in [-0.25, -0.2) is 8.78 Å². The predicted molar refractivity (Wildman–Crippen MR) is 85.3 cm³/mol. The molecule has 0 amide bonds. The molecule has 2 nitrogen and oxygen atoms in total. The predicted octanol–water partition coefficient (Wildman–Crippen LogP) is 4.89. The first-order valence-electron chi connectivity index (χ1n) is 7.04. The molecule has 1 heterocycles. The third kappa shape index (κ3) is 2.19. The Morgan fingerprint density at radius 2 is 1.70 bits per heavy atom. The Morgan fingerprint density at radius 3 is 2.57 bits per heavy atom. The maximum atomic E-state index is 13.9. The van der Waals surface area contributed by atoms with Crippen molar-refractivity contribution in [2.24, 2.45) is 0 Å². The van der Waals surface area contributed by atoms with Crippen molar-refractivity contribution in [1.29, 1.82) is 0 Å². The zero-order valence-corrected chi connectivity index (χ0v) is 11.8. The first kappa shape index (κ1) is 13.6. The van der Waals surface area contributed by atoms with Gasteiger partial charge in [0.25, 0.3) is 0 Å². The Labute approximate surface area is 129 Å². The Hall–Kier alpha value is -3.01. The quantitative estimate of drug-likeness (QED) is 0.469. The van der Waals surface area contributed by atoms with Gasteiger partial charge >= 0.3 is 0 Å². The molecule has 0 N–H and O–H groups in total. The summed E-state index contributed by atoms with van der Waals surface area (Å²) in [5.74, 6) is -1.23. The lowest BCUT2D eigenvalue weighted by Crippen LogP contribution is -2.02. The third-order valence-electron chi connectivity index (χ3n) is 3.81. The van der Waals surface area contributed by atoms with Gasteiger partial charge in [0, 0.05) is 6.07 Å². The lowest BCUT2D eigenvalue weighted by Gasteiger charge is -2.06. The summed E-state index contributed by atoms with van der Waals surface area (Å²) < 4.78 is 32.9. The topological polar surface area (TPSA) is 30.2 Å². The minimum atomic E-state index is -0.644. The Morgan fingerprint density at radius 1 is 0.870 bits per heavy atom. The molecule has 0 fully saturated rings. The highest BCUT2D eigenvalue weighted by molar-refractivity contribution is 6.05. The zero-order valence-electron chi connectivity index (χ0n) is 11.8. The van der Waals surface area contributed by atoms with Gasteiger partial charge in [-0.3, -0.25) is 4.79 Å². The lowest BCUT2D eigenvalue weighted by molar-refractivity contribution is 0.581. The maximum Gasteiger partial charge on any atom is 0.193 e. The van der Waals surface area contributed by atoms with Crippen LogP contribution in [0, 0.1) is 11.6 Å². The van der Waals surface area contributed by atoms with Gasteiger partial charge < -0.3 is 4.42 Å². The van der Waals surface area contributed by atoms with E-state index in [1.54, 1.807) is 6.07 Å². The van der Waals surface area contributed by atoms with Crippen molar-refractivity contribution in [3.8, 4) is 11.3 Å². The molecule has 112 valence electrons. The molecule has 0 saturated carbocycles. The minimum absolute atomic E-state index is 0.00906. The number of hydrogen-bond donors (Lipinski definition) is 0. The highest BCUT2D eigenvalue weighted by Gasteiger charge is 2.13. The molecule has 0 spiro atoms. The smallest absolute Gasteiger partial charge is 0.193 e. The zero-order chi connectivity index (χ0) is 16.0. The average Bonchev–Trinajstić information content (AvgIpc) is 2.56. The van der Waals surface area contributed by atoms with Crippen LogP contribution in [0.1, 0.15) is 0 Å². The van der Waals surface area contributed by atoms with E-state index in [0.29, 0.717) is 11.0 Å². The van der Waals surface area contributed by atoms with Crippen molar-refractivity contribution in [3.05, 3.63) is 82.5 Å². The van der Waals surface area contributed by atoms with Crippen LogP contribution in [0.25, 0.3) is 33.1 Å². The molecule has 3 aromatic carbocycles. The van der Waals surface area contributed by atoms with Crippen molar-refractivity contribution in [2.75, 3.05) is 0 Å². The highest BCUT2D eigenvalue weighted by Crippen LogP contribution is 2.28. The van der Waals surface area contributed by atoms with Crippen molar-refractivity contribution in [1.82, 2.24) is 0 Å². The van der Waals surface area contributed by atoms with Crippen molar-refractivity contribution >= 4 is 21.7 Å². The molecular weight excluding hydrogens is 298 g/mol. The van der Waals surface area contributed by atoms with Gasteiger partial charge in [0.15, 0.2) is 5.43 Å². The lowest BCUT2D eigenvalue weighted by atomic mass is 10.0. The molecule has 0 aliphatic carbocycles. The minimum Gasteiger partial charge on any atom is -0.456 e. The highest BCUT2D eigenvalue weighted by atomic mass is 19.1. The molecule has 0 unspecified atom stereocenters. The second-order valence-corrected chi connectivity index (χ2v) is 5.26. The van der Waals surface area contributed by atoms with Gasteiger partial charge in [-0.1, -0.05) is 30.3 Å². The van der Waals surface area contributed by atoms with Crippen molar-refractivity contribution < 1.29 is 13.2 Å². The first-order valence-corrected chi connectivity index (χ1v) is 7.04. The SMILES string of the molecule is O=c1cc(-c2cc(F)ccc2F)oc2ccc3ccccc3c12. The second kappa shape index (κ2) is 5.02. The van der Waals surface area contributed by atoms with E-state index in [1.165, 1.54) is 6.07 Å². The van der Waals surface area contributed by atoms with Gasteiger partial charge in [0.05, 0.1) is 10.9 Å². The summed E-state index contributed by atoms with van der Waals surface area (Å²) in [6.07, 6.45) is 0. The van der Waals surface area contributed by atoms with E-state index in [9.17, 15) is 13.6 Å². The van der Waals surface area contributed by atoms with Gasteiger partial charge in [-0.2, -0.15) is 0 Å². The molecular formula is C19H10F2O2. The van der Waals surface area contributed by atoms with E-state index in [2.05, 4.69) is 0 Å². The van der Waals surface area contributed by atoms with E-state index in [0.717, 1.165) is 29.0 Å². The van der Waals surface area contributed by atoms with Crippen LogP contribution in [0.4, 0.5) is 8.78 Å². The summed E-state index contributed by atoms with van der Waals surface area (Å²) in [6.45, 7) is 0. The largest absolute Gasteiger partial charge is 0.456 e. The molecule has 0 atom stereocenters. The molecule has 0 aliphatic heterocycles. The monoisotopic (exact) mass is 308 g/mol. The van der Waals surface area contributed by atoms with Crippen LogP contribution in [-0.4, -0.2) is 0 Å². The van der Waals surface area contributed by atoms with Crippen LogP contribution in [0.15, 0.2) is 69.9 Å². The molecule has 4 heteroatoms. The normalized spacial score (nSPS) is 11.2. The number of rotatable bonds is 1. The van der Waals surface area contributed by atoms with Crippen LogP contribution in [0.5, 0.6) is 0 Å². The van der Waals surface area contributed by atoms with Crippen LogP contribution < -0.4 is 5.43 Å². The number of benzene rings is 3. The van der Waals surface area contributed by atoms with Crippen LogP contribution in [0.2, 0.25) is 0 Å². The molecule has 0 bridgehead atoms. The van der Waals surface area contributed by atoms with Crippen molar-refractivity contribution in [3.63, 3.8) is 0 Å². The Bertz CT molecular complexity index is 1110. The molecule has 0 radical (unpaired) electrons. The van der Waals surface area contributed by atoms with E-state index in [4.69, 9.17) is 4.42 Å². The molecule has 1 aromatic heterocycles. The van der Waals surface area contributed by atoms with E-state index < -0.39 is 11.6 Å². The Kier molecular flexibility index (Phi) is 2.98. The Balaban J connectivity index is 2.07. The van der Waals surface area contributed by atoms with Gasteiger partial charge in [-0.15, -0.1) is 0 Å². The van der Waals surface area contributed by atoms with Gasteiger partial charge in [-0.05, 0) is 35.0 Å². The second-order valence-electron chi connectivity index (χ2n) is 5.26. The first-order chi connectivity index (χ1) is 11.1. The average molecular weight is 308 g/mol. The molecule has 0 aliphatic rings. The molecule has 4 rings (SSSR count). The summed E-state index contributed by atoms with van der Waals surface area (Å²) in [6, 6.07) is 15.2. The number of halogens is 2. The van der Waals surface area contributed by atoms with Crippen LogP contribution in [0.3, 0.4) is 0 Å². The van der Waals surface area contributed by atoms with Crippen LogP contribution in [-0.2, 0) is 0 Å². The molecule has 23 heavy (non-hydrogen) atoms. The maximum absolute atomic E-state index is 13.9. The van der Waals surface area contributed by atoms with Gasteiger partial charge in [0.1, 0.15) is 23.0 Å². The summed E-state index contributed by atoms with van der Waals surface area (Å²) in [4.78, 5) is 12.5. The van der Waals surface area contributed by atoms with E-state index >= 15 is 0 Å². The standard InChI is InChI=1S/C19H10F2O2/c20-12-6-7-15(21)14(9-12)18-10-16(22)19-13-4-2-1-3-11(13)5-8-17(19)23-18/h1-10H. The van der Waals surface area contributed by atoms with Crippen LogP contribution >= 0.6 is 0 Å². The van der Waals surface area contributed by atoms with E-state index in [-0.39, 0.29) is 16.8 Å².